The van der Waals surface area contributed by atoms with Crippen molar-refractivity contribution in [3.63, 3.8) is 0 Å². The molecule has 0 aromatic heterocycles. The highest BCUT2D eigenvalue weighted by Gasteiger charge is 2.31. The van der Waals surface area contributed by atoms with Gasteiger partial charge in [-0.1, -0.05) is 12.2 Å². The van der Waals surface area contributed by atoms with Gasteiger partial charge in [0.05, 0.1) is 24.6 Å². The van der Waals surface area contributed by atoms with E-state index < -0.39 is 31.7 Å². The molecule has 20 nitrogen and oxygen atoms in total. The lowest BCUT2D eigenvalue weighted by Crippen LogP contribution is -2.38. The standard InChI is InChI=1S/2C16H27N3O3.C2H6O6S2.2H2O/c2*1-17(2)9-6-7-15(20)19-12-8-14(13-19)22-16(21)18-10-4-3-5-11-18;3-9(4,5)1-2-10(6,7)8;;/h2*6-7,14H,3-5,8-13H2,1-2H3;1-2H2,(H,3,4,5)(H,6,7,8);2*1H2/b2*7-6+;;;/t2*14-;;;/m00.../s1. The van der Waals surface area contributed by atoms with Crippen LogP contribution in [0.1, 0.15) is 51.4 Å². The van der Waals surface area contributed by atoms with Gasteiger partial charge < -0.3 is 49.8 Å². The smallest absolute Gasteiger partial charge is 0.410 e. The predicted octanol–water partition coefficient (Wildman–Crippen LogP) is -0.232. The van der Waals surface area contributed by atoms with Crippen LogP contribution < -0.4 is 0 Å². The van der Waals surface area contributed by atoms with Crippen molar-refractivity contribution in [1.82, 2.24) is 29.4 Å². The van der Waals surface area contributed by atoms with Gasteiger partial charge >= 0.3 is 12.2 Å². The molecule has 326 valence electrons. The van der Waals surface area contributed by atoms with Crippen molar-refractivity contribution in [2.75, 3.05) is 105 Å². The minimum atomic E-state index is -4.30. The third kappa shape index (κ3) is 23.0. The van der Waals surface area contributed by atoms with E-state index in [4.69, 9.17) is 18.6 Å². The van der Waals surface area contributed by atoms with Gasteiger partial charge in [-0.2, -0.15) is 16.8 Å². The number of nitrogens with zero attached hydrogens (tertiary/aromatic N) is 6. The van der Waals surface area contributed by atoms with E-state index in [1.165, 1.54) is 12.8 Å². The summed E-state index contributed by atoms with van der Waals surface area (Å²) < 4.78 is 66.5. The molecule has 4 fully saturated rings. The molecule has 22 heteroatoms. The maximum Gasteiger partial charge on any atom is 0.410 e. The SMILES string of the molecule is CN(C)C/C=C/C(=O)N1CC[C@H](OC(=O)N2CCCCC2)C1.CN(C)C/C=C/C(=O)N1CC[C@H](OC(=O)N2CCCCC2)C1.O.O.O=S(=O)(O)CCS(=O)(=O)O. The van der Waals surface area contributed by atoms with Crippen LogP contribution in [0.5, 0.6) is 0 Å². The molecule has 2 atom stereocenters. The van der Waals surface area contributed by atoms with Crippen LogP contribution in [0.2, 0.25) is 0 Å². The molecule has 0 spiro atoms. The lowest BCUT2D eigenvalue weighted by Gasteiger charge is -2.27. The molecule has 4 aliphatic heterocycles. The van der Waals surface area contributed by atoms with Gasteiger partial charge in [-0.3, -0.25) is 18.7 Å². The first kappa shape index (κ1) is 52.6. The average Bonchev–Trinajstić information content (AvgIpc) is 3.78. The number of carbonyl (C=O) groups excluding carboxylic acids is 4. The second kappa shape index (κ2) is 26.5. The Hall–Kier alpha value is -3.38. The minimum Gasteiger partial charge on any atom is -0.444 e. The third-order valence-corrected chi connectivity index (χ3v) is 10.4. The number of ether oxygens (including phenoxy) is 2. The lowest BCUT2D eigenvalue weighted by atomic mass is 10.1. The molecule has 0 radical (unpaired) electrons. The molecule has 4 saturated heterocycles. The van der Waals surface area contributed by atoms with Crippen molar-refractivity contribution >= 4 is 44.2 Å². The monoisotopic (exact) mass is 844 g/mol. The fraction of sp³-hybridized carbons (Fsp3) is 0.765. The number of carbonyl (C=O) groups is 4. The van der Waals surface area contributed by atoms with Gasteiger partial charge in [-0.05, 0) is 66.7 Å². The Kier molecular flexibility index (Phi) is 24.9. The van der Waals surface area contributed by atoms with E-state index in [2.05, 4.69) is 0 Å². The predicted molar refractivity (Wildman–Crippen MR) is 209 cm³/mol. The molecule has 56 heavy (non-hydrogen) atoms. The van der Waals surface area contributed by atoms with Crippen LogP contribution in [0.25, 0.3) is 0 Å². The summed E-state index contributed by atoms with van der Waals surface area (Å²) in [6.07, 6.45) is 14.2. The van der Waals surface area contributed by atoms with Crippen LogP contribution in [0.3, 0.4) is 0 Å². The number of hydrogen-bond acceptors (Lipinski definition) is 12. The quantitative estimate of drug-likeness (QED) is 0.201. The number of rotatable bonds is 11. The summed E-state index contributed by atoms with van der Waals surface area (Å²) >= 11 is 0. The number of likely N-dealkylation sites (tertiary alicyclic amines) is 4. The zero-order valence-electron chi connectivity index (χ0n) is 33.1. The average molecular weight is 845 g/mol. The first-order valence-corrected chi connectivity index (χ1v) is 21.6. The van der Waals surface area contributed by atoms with Crippen molar-refractivity contribution in [3.05, 3.63) is 24.3 Å². The first-order chi connectivity index (χ1) is 25.3. The van der Waals surface area contributed by atoms with Crippen LogP contribution in [-0.2, 0) is 39.3 Å². The Morgan fingerprint density at radius 2 is 0.893 bits per heavy atom. The summed E-state index contributed by atoms with van der Waals surface area (Å²) in [6, 6.07) is 0. The molecule has 4 heterocycles. The van der Waals surface area contributed by atoms with E-state index in [9.17, 15) is 36.0 Å². The zero-order chi connectivity index (χ0) is 40.3. The van der Waals surface area contributed by atoms with Gasteiger partial charge in [0, 0.05) is 77.4 Å². The van der Waals surface area contributed by atoms with Crippen LogP contribution in [0, 0.1) is 0 Å². The second-order valence-corrected chi connectivity index (χ2v) is 17.3. The molecule has 4 rings (SSSR count). The normalized spacial score (nSPS) is 20.1. The van der Waals surface area contributed by atoms with Crippen molar-refractivity contribution in [2.24, 2.45) is 0 Å². The van der Waals surface area contributed by atoms with E-state index in [0.29, 0.717) is 26.2 Å². The molecule has 0 aromatic carbocycles. The van der Waals surface area contributed by atoms with Crippen molar-refractivity contribution < 1.29 is 65.5 Å². The fourth-order valence-corrected chi connectivity index (χ4v) is 7.47. The molecule has 0 aromatic rings. The number of amides is 4. The molecule has 0 unspecified atom stereocenters. The lowest BCUT2D eigenvalue weighted by molar-refractivity contribution is -0.126. The van der Waals surface area contributed by atoms with E-state index in [0.717, 1.165) is 77.8 Å². The van der Waals surface area contributed by atoms with Gasteiger partial charge in [0.2, 0.25) is 11.8 Å². The van der Waals surface area contributed by atoms with E-state index in [1.807, 2.05) is 50.1 Å². The summed E-state index contributed by atoms with van der Waals surface area (Å²) in [7, 11) is -0.757. The molecule has 6 N–H and O–H groups in total. The first-order valence-electron chi connectivity index (χ1n) is 18.3. The highest BCUT2D eigenvalue weighted by Crippen LogP contribution is 2.18. The summed E-state index contributed by atoms with van der Waals surface area (Å²) in [4.78, 5) is 59.2. The highest BCUT2D eigenvalue weighted by molar-refractivity contribution is 7.89. The van der Waals surface area contributed by atoms with Gasteiger partial charge in [0.15, 0.2) is 0 Å². The Labute approximate surface area is 331 Å². The Bertz CT molecular complexity index is 1370. The molecule has 0 aliphatic carbocycles. The van der Waals surface area contributed by atoms with Crippen molar-refractivity contribution in [1.29, 1.82) is 0 Å². The molecule has 4 aliphatic rings. The Balaban J connectivity index is 0.000000852. The Morgan fingerprint density at radius 1 is 0.571 bits per heavy atom. The summed E-state index contributed by atoms with van der Waals surface area (Å²) in [6.45, 7) is 6.98. The van der Waals surface area contributed by atoms with Gasteiger partial charge in [-0.25, -0.2) is 9.59 Å². The summed E-state index contributed by atoms with van der Waals surface area (Å²) in [5.74, 6) is -1.96. The van der Waals surface area contributed by atoms with Gasteiger partial charge in [0.25, 0.3) is 20.2 Å². The third-order valence-electron chi connectivity index (χ3n) is 8.74. The summed E-state index contributed by atoms with van der Waals surface area (Å²) in [5, 5.41) is 0. The van der Waals surface area contributed by atoms with Crippen LogP contribution >= 0.6 is 0 Å². The van der Waals surface area contributed by atoms with Gasteiger partial charge in [0.1, 0.15) is 12.2 Å². The topological polar surface area (TPSA) is 278 Å². The van der Waals surface area contributed by atoms with E-state index in [-0.39, 0.29) is 47.2 Å². The molecule has 0 bridgehead atoms. The largest absolute Gasteiger partial charge is 0.444 e. The van der Waals surface area contributed by atoms with Crippen LogP contribution in [0.15, 0.2) is 24.3 Å². The maximum absolute atomic E-state index is 12.1. The molecule has 4 amide bonds. The number of likely N-dealkylation sites (N-methyl/N-ethyl adjacent to an activating group) is 2. The van der Waals surface area contributed by atoms with Crippen molar-refractivity contribution in [3.8, 4) is 0 Å². The fourth-order valence-electron chi connectivity index (χ4n) is 5.79. The summed E-state index contributed by atoms with van der Waals surface area (Å²) in [5.41, 5.74) is 0. The number of hydrogen-bond donors (Lipinski definition) is 2. The molecular weight excluding hydrogens is 781 g/mol. The van der Waals surface area contributed by atoms with Crippen LogP contribution in [0.4, 0.5) is 9.59 Å². The van der Waals surface area contributed by atoms with E-state index in [1.54, 1.807) is 31.8 Å². The minimum absolute atomic E-state index is 0. The number of piperidine rings is 2. The maximum atomic E-state index is 12.1. The second-order valence-electron chi connectivity index (χ2n) is 14.2. The molecule has 0 saturated carbocycles. The molecular formula is C34H64N6O14S2. The van der Waals surface area contributed by atoms with Crippen LogP contribution in [-0.4, -0.2) is 208 Å². The highest BCUT2D eigenvalue weighted by atomic mass is 32.2. The van der Waals surface area contributed by atoms with Gasteiger partial charge in [-0.15, -0.1) is 0 Å². The van der Waals surface area contributed by atoms with E-state index >= 15 is 0 Å². The Morgan fingerprint density at radius 3 is 1.18 bits per heavy atom. The van der Waals surface area contributed by atoms with Crippen molar-refractivity contribution in [2.45, 2.75) is 63.6 Å². The zero-order valence-corrected chi connectivity index (χ0v) is 34.7.